The van der Waals surface area contributed by atoms with Crippen molar-refractivity contribution in [1.82, 2.24) is 14.5 Å². The summed E-state index contributed by atoms with van der Waals surface area (Å²) in [4.78, 5) is 16.9. The second-order valence-corrected chi connectivity index (χ2v) is 3.52. The number of carbonyl (C=O) groups excluding carboxylic acids is 1. The van der Waals surface area contributed by atoms with Crippen molar-refractivity contribution in [3.05, 3.63) is 18.2 Å². The second-order valence-electron chi connectivity index (χ2n) is 3.52. The lowest BCUT2D eigenvalue weighted by Crippen LogP contribution is -2.27. The summed E-state index contributed by atoms with van der Waals surface area (Å²) < 4.78 is 1.77. The van der Waals surface area contributed by atoms with Crippen LogP contribution in [0.1, 0.15) is 18.7 Å². The molecule has 5 heteroatoms. The van der Waals surface area contributed by atoms with E-state index in [0.29, 0.717) is 6.54 Å². The molecular formula is C9H16N4O. The molecule has 0 aliphatic rings. The fraction of sp³-hybridized carbons (Fsp3) is 0.556. The van der Waals surface area contributed by atoms with E-state index in [1.807, 2.05) is 6.92 Å². The molecule has 0 aliphatic carbocycles. The van der Waals surface area contributed by atoms with E-state index < -0.39 is 0 Å². The third-order valence-corrected chi connectivity index (χ3v) is 2.02. The Kier molecular flexibility index (Phi) is 3.24. The highest BCUT2D eigenvalue weighted by molar-refractivity contribution is 5.75. The molecule has 1 aromatic rings. The van der Waals surface area contributed by atoms with Crippen molar-refractivity contribution in [3.8, 4) is 0 Å². The van der Waals surface area contributed by atoms with Crippen LogP contribution >= 0.6 is 0 Å². The number of imidazole rings is 1. The van der Waals surface area contributed by atoms with Crippen LogP contribution in [-0.2, 0) is 11.3 Å². The maximum Gasteiger partial charge on any atom is 0.242 e. The van der Waals surface area contributed by atoms with Crippen molar-refractivity contribution in [2.75, 3.05) is 14.1 Å². The van der Waals surface area contributed by atoms with E-state index in [0.717, 1.165) is 5.69 Å². The average Bonchev–Trinajstić information content (AvgIpc) is 2.52. The van der Waals surface area contributed by atoms with Gasteiger partial charge in [-0.3, -0.25) is 4.79 Å². The summed E-state index contributed by atoms with van der Waals surface area (Å²) in [5.74, 6) is 0.0323. The van der Waals surface area contributed by atoms with Crippen molar-refractivity contribution >= 4 is 5.91 Å². The van der Waals surface area contributed by atoms with Crippen LogP contribution in [0.2, 0.25) is 0 Å². The van der Waals surface area contributed by atoms with Gasteiger partial charge in [-0.1, -0.05) is 0 Å². The molecule has 78 valence electrons. The Morgan fingerprint density at radius 2 is 2.36 bits per heavy atom. The minimum absolute atomic E-state index is 0.0323. The molecule has 1 amide bonds. The van der Waals surface area contributed by atoms with Crippen LogP contribution in [0.4, 0.5) is 0 Å². The third-order valence-electron chi connectivity index (χ3n) is 2.02. The van der Waals surface area contributed by atoms with Crippen LogP contribution in [0.5, 0.6) is 0 Å². The third kappa shape index (κ3) is 2.32. The van der Waals surface area contributed by atoms with Gasteiger partial charge >= 0.3 is 0 Å². The van der Waals surface area contributed by atoms with Crippen molar-refractivity contribution in [2.45, 2.75) is 19.5 Å². The molecule has 1 heterocycles. The Balaban J connectivity index is 2.76. The maximum atomic E-state index is 11.4. The van der Waals surface area contributed by atoms with Gasteiger partial charge in [0.15, 0.2) is 0 Å². The topological polar surface area (TPSA) is 64.1 Å². The lowest BCUT2D eigenvalue weighted by Gasteiger charge is -2.13. The summed E-state index contributed by atoms with van der Waals surface area (Å²) in [5.41, 5.74) is 6.60. The Morgan fingerprint density at radius 3 is 2.86 bits per heavy atom. The zero-order valence-electron chi connectivity index (χ0n) is 8.77. The number of carbonyl (C=O) groups is 1. The monoisotopic (exact) mass is 196 g/mol. The molecule has 0 aromatic carbocycles. The standard InChI is InChI=1S/C9H16N4O/c1-7(10)8-4-11-6-13(8)5-9(14)12(2)3/h4,6-7H,5,10H2,1-3H3/t7-/m1/s1. The van der Waals surface area contributed by atoms with E-state index in [4.69, 9.17) is 5.73 Å². The summed E-state index contributed by atoms with van der Waals surface area (Å²) in [6, 6.07) is -0.104. The Bertz CT molecular complexity index is 316. The predicted molar refractivity (Wildman–Crippen MR) is 53.5 cm³/mol. The van der Waals surface area contributed by atoms with Crippen LogP contribution in [0.3, 0.4) is 0 Å². The highest BCUT2D eigenvalue weighted by Gasteiger charge is 2.10. The van der Waals surface area contributed by atoms with Crippen molar-refractivity contribution in [2.24, 2.45) is 5.73 Å². The predicted octanol–water partition coefficient (Wildman–Crippen LogP) is -0.00900. The van der Waals surface area contributed by atoms with E-state index in [1.54, 1.807) is 36.1 Å². The molecule has 2 N–H and O–H groups in total. The van der Waals surface area contributed by atoms with Gasteiger partial charge in [-0.15, -0.1) is 0 Å². The summed E-state index contributed by atoms with van der Waals surface area (Å²) >= 11 is 0. The van der Waals surface area contributed by atoms with E-state index in [-0.39, 0.29) is 11.9 Å². The molecule has 1 aromatic heterocycles. The van der Waals surface area contributed by atoms with Gasteiger partial charge in [-0.25, -0.2) is 4.98 Å². The van der Waals surface area contributed by atoms with Crippen LogP contribution in [0.15, 0.2) is 12.5 Å². The Morgan fingerprint density at radius 1 is 1.71 bits per heavy atom. The molecule has 14 heavy (non-hydrogen) atoms. The largest absolute Gasteiger partial charge is 0.347 e. The number of likely N-dealkylation sites (N-methyl/N-ethyl adjacent to an activating group) is 1. The fourth-order valence-corrected chi connectivity index (χ4v) is 1.13. The average molecular weight is 196 g/mol. The lowest BCUT2D eigenvalue weighted by molar-refractivity contribution is -0.129. The molecule has 0 aliphatic heterocycles. The van der Waals surface area contributed by atoms with E-state index in [2.05, 4.69) is 4.98 Å². The van der Waals surface area contributed by atoms with Gasteiger partial charge in [0.1, 0.15) is 6.54 Å². The first-order valence-corrected chi connectivity index (χ1v) is 4.48. The zero-order valence-corrected chi connectivity index (χ0v) is 8.77. The molecule has 0 saturated carbocycles. The van der Waals surface area contributed by atoms with Gasteiger partial charge in [0, 0.05) is 26.3 Å². The highest BCUT2D eigenvalue weighted by Crippen LogP contribution is 2.08. The molecule has 1 atom stereocenters. The SMILES string of the molecule is C[C@@H](N)c1cncn1CC(=O)N(C)C. The van der Waals surface area contributed by atoms with Gasteiger partial charge in [-0.05, 0) is 6.92 Å². The fourth-order valence-electron chi connectivity index (χ4n) is 1.13. The first kappa shape index (κ1) is 10.7. The first-order valence-electron chi connectivity index (χ1n) is 4.48. The van der Waals surface area contributed by atoms with Crippen molar-refractivity contribution < 1.29 is 4.79 Å². The number of hydrogen-bond donors (Lipinski definition) is 1. The van der Waals surface area contributed by atoms with Gasteiger partial charge in [-0.2, -0.15) is 0 Å². The molecule has 5 nitrogen and oxygen atoms in total. The van der Waals surface area contributed by atoms with Gasteiger partial charge in [0.05, 0.1) is 12.0 Å². The smallest absolute Gasteiger partial charge is 0.242 e. The molecule has 0 unspecified atom stereocenters. The van der Waals surface area contributed by atoms with Crippen molar-refractivity contribution in [3.63, 3.8) is 0 Å². The lowest BCUT2D eigenvalue weighted by atomic mass is 10.3. The Hall–Kier alpha value is -1.36. The van der Waals surface area contributed by atoms with E-state index in [9.17, 15) is 4.79 Å². The van der Waals surface area contributed by atoms with E-state index in [1.165, 1.54) is 0 Å². The number of aromatic nitrogens is 2. The molecule has 1 rings (SSSR count). The van der Waals surface area contributed by atoms with Crippen LogP contribution in [-0.4, -0.2) is 34.5 Å². The number of hydrogen-bond acceptors (Lipinski definition) is 3. The summed E-state index contributed by atoms with van der Waals surface area (Å²) in [6.07, 6.45) is 3.31. The van der Waals surface area contributed by atoms with Crippen LogP contribution < -0.4 is 5.73 Å². The summed E-state index contributed by atoms with van der Waals surface area (Å²) in [7, 11) is 3.45. The van der Waals surface area contributed by atoms with Crippen LogP contribution in [0.25, 0.3) is 0 Å². The normalized spacial score (nSPS) is 12.6. The maximum absolute atomic E-state index is 11.4. The summed E-state index contributed by atoms with van der Waals surface area (Å²) in [5, 5.41) is 0. The molecule has 0 radical (unpaired) electrons. The second kappa shape index (κ2) is 4.23. The minimum Gasteiger partial charge on any atom is -0.347 e. The number of nitrogens with two attached hydrogens (primary N) is 1. The molecule has 0 spiro atoms. The van der Waals surface area contributed by atoms with Gasteiger partial charge in [0.25, 0.3) is 0 Å². The number of rotatable bonds is 3. The van der Waals surface area contributed by atoms with Crippen LogP contribution in [0, 0.1) is 0 Å². The minimum atomic E-state index is -0.104. The number of amides is 1. The zero-order chi connectivity index (χ0) is 10.7. The molecular weight excluding hydrogens is 180 g/mol. The number of nitrogens with zero attached hydrogens (tertiary/aromatic N) is 3. The highest BCUT2D eigenvalue weighted by atomic mass is 16.2. The van der Waals surface area contributed by atoms with Gasteiger partial charge in [0.2, 0.25) is 5.91 Å². The molecule has 0 saturated heterocycles. The van der Waals surface area contributed by atoms with Gasteiger partial charge < -0.3 is 15.2 Å². The molecule has 0 bridgehead atoms. The quantitative estimate of drug-likeness (QED) is 0.739. The van der Waals surface area contributed by atoms with E-state index >= 15 is 0 Å². The summed E-state index contributed by atoms with van der Waals surface area (Å²) in [6.45, 7) is 2.16. The van der Waals surface area contributed by atoms with Crippen molar-refractivity contribution in [1.29, 1.82) is 0 Å². The Labute approximate surface area is 83.5 Å². The molecule has 0 fully saturated rings. The first-order chi connectivity index (χ1) is 6.52.